The van der Waals surface area contributed by atoms with Gasteiger partial charge in [0.25, 0.3) is 5.91 Å². The van der Waals surface area contributed by atoms with E-state index in [1.165, 1.54) is 18.2 Å². The summed E-state index contributed by atoms with van der Waals surface area (Å²) in [5, 5.41) is 7.15. The highest BCUT2D eigenvalue weighted by atomic mass is 127. The molecule has 0 radical (unpaired) electrons. The van der Waals surface area contributed by atoms with Crippen LogP contribution in [-0.4, -0.2) is 30.4 Å². The van der Waals surface area contributed by atoms with Gasteiger partial charge in [0, 0.05) is 30.7 Å². The van der Waals surface area contributed by atoms with E-state index in [-0.39, 0.29) is 35.6 Å². The number of hydrogen-bond acceptors (Lipinski definition) is 3. The zero-order valence-corrected chi connectivity index (χ0v) is 17.0. The molecule has 0 aliphatic rings. The Labute approximate surface area is 172 Å². The summed E-state index contributed by atoms with van der Waals surface area (Å²) >= 11 is 0. The molecular formula is C18H21FIN5O2. The topological polar surface area (TPSA) is 108 Å². The van der Waals surface area contributed by atoms with Gasteiger partial charge in [0.05, 0.1) is 6.54 Å². The van der Waals surface area contributed by atoms with Gasteiger partial charge in [0.15, 0.2) is 11.7 Å². The first-order valence-electron chi connectivity index (χ1n) is 8.15. The number of carbonyl (C=O) groups excluding carboxylic acids is 1. The van der Waals surface area contributed by atoms with Gasteiger partial charge in [0.1, 0.15) is 11.6 Å². The Bertz CT molecular complexity index is 950. The number of amides is 1. The second-order valence-electron chi connectivity index (χ2n) is 5.74. The van der Waals surface area contributed by atoms with Gasteiger partial charge in [-0.15, -0.1) is 24.0 Å². The van der Waals surface area contributed by atoms with Crippen LogP contribution in [0, 0.1) is 5.82 Å². The summed E-state index contributed by atoms with van der Waals surface area (Å²) in [6.07, 6.45) is 2.59. The number of aromatic nitrogens is 1. The van der Waals surface area contributed by atoms with Gasteiger partial charge in [0.2, 0.25) is 0 Å². The summed E-state index contributed by atoms with van der Waals surface area (Å²) in [6, 6.07) is 7.91. The van der Waals surface area contributed by atoms with Crippen LogP contribution in [0.5, 0.6) is 0 Å². The van der Waals surface area contributed by atoms with Crippen molar-refractivity contribution in [2.24, 2.45) is 10.7 Å². The molecule has 0 unspecified atom stereocenters. The van der Waals surface area contributed by atoms with Gasteiger partial charge in [-0.25, -0.2) is 4.39 Å². The number of benzene rings is 1. The van der Waals surface area contributed by atoms with Crippen LogP contribution < -0.4 is 16.4 Å². The number of nitrogens with one attached hydrogen (secondary N) is 3. The Morgan fingerprint density at radius 2 is 2.11 bits per heavy atom. The van der Waals surface area contributed by atoms with Gasteiger partial charge in [-0.2, -0.15) is 0 Å². The van der Waals surface area contributed by atoms with Crippen LogP contribution in [0.3, 0.4) is 0 Å². The highest BCUT2D eigenvalue weighted by Gasteiger charge is 2.08. The summed E-state index contributed by atoms with van der Waals surface area (Å²) < 4.78 is 18.7. The number of hydrogen-bond donors (Lipinski definition) is 4. The molecule has 0 saturated carbocycles. The van der Waals surface area contributed by atoms with Crippen LogP contribution in [0.1, 0.15) is 21.9 Å². The summed E-state index contributed by atoms with van der Waals surface area (Å²) in [4.78, 5) is 18.3. The third kappa shape index (κ3) is 5.22. The predicted molar refractivity (Wildman–Crippen MR) is 113 cm³/mol. The second-order valence-corrected chi connectivity index (χ2v) is 5.74. The van der Waals surface area contributed by atoms with Crippen molar-refractivity contribution in [3.8, 4) is 0 Å². The van der Waals surface area contributed by atoms with Crippen molar-refractivity contribution >= 4 is 46.7 Å². The normalized spacial score (nSPS) is 11.3. The number of H-pyrrole nitrogens is 1. The fraction of sp³-hybridized carbons (Fsp3) is 0.222. The molecular weight excluding hydrogens is 464 g/mol. The molecule has 9 heteroatoms. The van der Waals surface area contributed by atoms with Crippen LogP contribution in [0.15, 0.2) is 45.9 Å². The van der Waals surface area contributed by atoms with E-state index in [9.17, 15) is 9.18 Å². The van der Waals surface area contributed by atoms with E-state index in [1.54, 1.807) is 19.2 Å². The van der Waals surface area contributed by atoms with Crippen LogP contribution >= 0.6 is 24.0 Å². The fourth-order valence-corrected chi connectivity index (χ4v) is 2.67. The van der Waals surface area contributed by atoms with Crippen molar-refractivity contribution in [1.82, 2.24) is 15.6 Å². The summed E-state index contributed by atoms with van der Waals surface area (Å²) in [5.41, 5.74) is 7.09. The highest BCUT2D eigenvalue weighted by molar-refractivity contribution is 14.0. The first kappa shape index (κ1) is 20.7. The van der Waals surface area contributed by atoms with E-state index in [2.05, 4.69) is 20.6 Å². The predicted octanol–water partition coefficient (Wildman–Crippen LogP) is 2.52. The quantitative estimate of drug-likeness (QED) is 0.245. The first-order chi connectivity index (χ1) is 12.6. The monoisotopic (exact) mass is 485 g/mol. The molecule has 1 amide bonds. The van der Waals surface area contributed by atoms with Gasteiger partial charge in [-0.1, -0.05) is 0 Å². The standard InChI is InChI=1S/C18H20FN5O2.HI/c1-21-18(24-10-13-3-5-16(26-13)17(20)25)22-7-6-11-9-23-15-4-2-12(19)8-14(11)15;/h2-5,8-9,23H,6-7,10H2,1H3,(H2,20,25)(H2,21,22,24);1H. The first-order valence-corrected chi connectivity index (χ1v) is 8.15. The summed E-state index contributed by atoms with van der Waals surface area (Å²) in [7, 11) is 1.66. The third-order valence-corrected chi connectivity index (χ3v) is 3.97. The highest BCUT2D eigenvalue weighted by Crippen LogP contribution is 2.19. The number of carbonyl (C=O) groups is 1. The molecule has 0 aliphatic carbocycles. The maximum absolute atomic E-state index is 13.4. The van der Waals surface area contributed by atoms with E-state index in [0.717, 1.165) is 16.5 Å². The molecule has 3 rings (SSSR count). The van der Waals surface area contributed by atoms with Crippen molar-refractivity contribution in [3.63, 3.8) is 0 Å². The van der Waals surface area contributed by atoms with Crippen molar-refractivity contribution in [2.75, 3.05) is 13.6 Å². The number of nitrogens with two attached hydrogens (primary N) is 1. The number of aromatic amines is 1. The molecule has 0 aliphatic heterocycles. The van der Waals surface area contributed by atoms with Crippen LogP contribution in [-0.2, 0) is 13.0 Å². The third-order valence-electron chi connectivity index (χ3n) is 3.97. The molecule has 0 atom stereocenters. The Balaban J connectivity index is 0.00000261. The lowest BCUT2D eigenvalue weighted by atomic mass is 10.1. The summed E-state index contributed by atoms with van der Waals surface area (Å²) in [5.74, 6) is 0.435. The number of primary amides is 1. The molecule has 0 bridgehead atoms. The minimum absolute atomic E-state index is 0. The largest absolute Gasteiger partial charge is 0.454 e. The maximum atomic E-state index is 13.4. The molecule has 144 valence electrons. The van der Waals surface area contributed by atoms with E-state index in [1.807, 2.05) is 6.20 Å². The van der Waals surface area contributed by atoms with Crippen molar-refractivity contribution in [3.05, 3.63) is 59.4 Å². The number of halogens is 2. The zero-order valence-electron chi connectivity index (χ0n) is 14.7. The Morgan fingerprint density at radius 3 is 2.81 bits per heavy atom. The molecule has 1 aromatic carbocycles. The van der Waals surface area contributed by atoms with E-state index < -0.39 is 5.91 Å². The van der Waals surface area contributed by atoms with Gasteiger partial charge < -0.3 is 25.8 Å². The van der Waals surface area contributed by atoms with E-state index in [0.29, 0.717) is 31.2 Å². The molecule has 3 aromatic rings. The lowest BCUT2D eigenvalue weighted by Gasteiger charge is -2.10. The number of furan rings is 1. The van der Waals surface area contributed by atoms with Crippen molar-refractivity contribution in [1.29, 1.82) is 0 Å². The van der Waals surface area contributed by atoms with E-state index >= 15 is 0 Å². The minimum Gasteiger partial charge on any atom is -0.454 e. The molecule has 0 fully saturated rings. The van der Waals surface area contributed by atoms with Crippen molar-refractivity contribution in [2.45, 2.75) is 13.0 Å². The minimum atomic E-state index is -0.603. The molecule has 0 spiro atoms. The van der Waals surface area contributed by atoms with Crippen LogP contribution in [0.2, 0.25) is 0 Å². The van der Waals surface area contributed by atoms with Crippen molar-refractivity contribution < 1.29 is 13.6 Å². The number of rotatable bonds is 6. The lowest BCUT2D eigenvalue weighted by molar-refractivity contribution is 0.0972. The number of aliphatic imine (C=N–C) groups is 1. The SMILES string of the molecule is CN=C(NCCc1c[nH]c2ccc(F)cc12)NCc1ccc(C(N)=O)o1.I. The second kappa shape index (κ2) is 9.40. The smallest absolute Gasteiger partial charge is 0.284 e. The molecule has 5 N–H and O–H groups in total. The van der Waals surface area contributed by atoms with Gasteiger partial charge in [-0.3, -0.25) is 9.79 Å². The summed E-state index contributed by atoms with van der Waals surface area (Å²) in [6.45, 7) is 0.985. The average Bonchev–Trinajstić information content (AvgIpc) is 3.25. The van der Waals surface area contributed by atoms with Gasteiger partial charge in [-0.05, 0) is 42.3 Å². The zero-order chi connectivity index (χ0) is 18.5. The number of fused-ring (bicyclic) bond motifs is 1. The molecule has 27 heavy (non-hydrogen) atoms. The molecule has 2 heterocycles. The lowest BCUT2D eigenvalue weighted by Crippen LogP contribution is -2.37. The van der Waals surface area contributed by atoms with E-state index in [4.69, 9.17) is 10.2 Å². The maximum Gasteiger partial charge on any atom is 0.284 e. The Morgan fingerprint density at radius 1 is 1.30 bits per heavy atom. The Hall–Kier alpha value is -2.56. The molecule has 0 saturated heterocycles. The average molecular weight is 485 g/mol. The number of guanidine groups is 1. The number of nitrogens with zero attached hydrogens (tertiary/aromatic N) is 1. The fourth-order valence-electron chi connectivity index (χ4n) is 2.67. The molecule has 7 nitrogen and oxygen atoms in total. The molecule has 2 aromatic heterocycles. The Kier molecular flexibility index (Phi) is 7.22. The van der Waals surface area contributed by atoms with Crippen LogP contribution in [0.4, 0.5) is 4.39 Å². The van der Waals surface area contributed by atoms with Gasteiger partial charge >= 0.3 is 0 Å². The van der Waals surface area contributed by atoms with Crippen LogP contribution in [0.25, 0.3) is 10.9 Å².